The number of aromatic nitrogens is 2. The molecule has 1 atom stereocenters. The van der Waals surface area contributed by atoms with Gasteiger partial charge in [-0.3, -0.25) is 9.78 Å². The first-order valence-corrected chi connectivity index (χ1v) is 10.2. The summed E-state index contributed by atoms with van der Waals surface area (Å²) in [5.74, 6) is 0.929. The number of amides is 1. The Balaban J connectivity index is 1.46. The van der Waals surface area contributed by atoms with Gasteiger partial charge in [0.25, 0.3) is 0 Å². The number of carbonyl (C=O) groups excluding carboxylic acids is 1. The fraction of sp³-hybridized carbons (Fsp3) is 0.261. The van der Waals surface area contributed by atoms with Crippen LogP contribution in [0.2, 0.25) is 5.02 Å². The maximum absolute atomic E-state index is 13.1. The molecule has 0 spiro atoms. The number of hydrogen-bond donors (Lipinski definition) is 1. The maximum Gasteiger partial charge on any atom is 0.223 e. The monoisotopic (exact) mass is 406 g/mol. The lowest BCUT2D eigenvalue weighted by Gasteiger charge is -2.32. The van der Waals surface area contributed by atoms with Gasteiger partial charge in [-0.1, -0.05) is 54.1 Å². The molecule has 0 radical (unpaired) electrons. The number of anilines is 1. The SMILES string of the molecule is O=C(NC(c1ccccc1)c1cccc(Cl)c1)C1CCN(c2cnccn2)CC1. The van der Waals surface area contributed by atoms with Gasteiger partial charge in [0.15, 0.2) is 0 Å². The lowest BCUT2D eigenvalue weighted by atomic mass is 9.93. The molecule has 0 aliphatic carbocycles. The van der Waals surface area contributed by atoms with E-state index in [1.807, 2.05) is 54.6 Å². The van der Waals surface area contributed by atoms with Crippen LogP contribution in [0.15, 0.2) is 73.2 Å². The summed E-state index contributed by atoms with van der Waals surface area (Å²) in [4.78, 5) is 23.8. The molecule has 0 bridgehead atoms. The fourth-order valence-corrected chi connectivity index (χ4v) is 3.97. The molecule has 6 heteroatoms. The summed E-state index contributed by atoms with van der Waals surface area (Å²) in [6, 6.07) is 17.5. The highest BCUT2D eigenvalue weighted by Crippen LogP contribution is 2.27. The molecule has 1 aliphatic rings. The molecule has 2 heterocycles. The van der Waals surface area contributed by atoms with E-state index in [0.717, 1.165) is 42.9 Å². The highest BCUT2D eigenvalue weighted by Gasteiger charge is 2.28. The second-order valence-electron chi connectivity index (χ2n) is 7.23. The van der Waals surface area contributed by atoms with E-state index in [1.165, 1.54) is 0 Å². The van der Waals surface area contributed by atoms with Gasteiger partial charge in [-0.15, -0.1) is 0 Å². The average Bonchev–Trinajstić information content (AvgIpc) is 2.78. The highest BCUT2D eigenvalue weighted by atomic mass is 35.5. The largest absolute Gasteiger partial charge is 0.355 e. The van der Waals surface area contributed by atoms with Crippen molar-refractivity contribution < 1.29 is 4.79 Å². The minimum atomic E-state index is -0.222. The van der Waals surface area contributed by atoms with Crippen LogP contribution in [0, 0.1) is 5.92 Å². The van der Waals surface area contributed by atoms with Crippen LogP contribution >= 0.6 is 11.6 Å². The molecule has 4 rings (SSSR count). The van der Waals surface area contributed by atoms with E-state index < -0.39 is 0 Å². The van der Waals surface area contributed by atoms with Crippen molar-refractivity contribution in [3.8, 4) is 0 Å². The third-order valence-corrected chi connectivity index (χ3v) is 5.58. The van der Waals surface area contributed by atoms with Crippen LogP contribution in [0.5, 0.6) is 0 Å². The number of benzene rings is 2. The van der Waals surface area contributed by atoms with Crippen LogP contribution in [-0.2, 0) is 4.79 Å². The molecular formula is C23H23ClN4O. The minimum Gasteiger partial charge on any atom is -0.355 e. The molecule has 0 saturated carbocycles. The third-order valence-electron chi connectivity index (χ3n) is 5.34. The molecule has 1 unspecified atom stereocenters. The van der Waals surface area contributed by atoms with Crippen LogP contribution in [0.25, 0.3) is 0 Å². The van der Waals surface area contributed by atoms with E-state index in [0.29, 0.717) is 5.02 Å². The Morgan fingerprint density at radius 3 is 2.48 bits per heavy atom. The zero-order valence-corrected chi connectivity index (χ0v) is 16.8. The molecule has 1 aliphatic heterocycles. The van der Waals surface area contributed by atoms with Gasteiger partial charge < -0.3 is 10.2 Å². The number of halogens is 1. The number of carbonyl (C=O) groups is 1. The highest BCUT2D eigenvalue weighted by molar-refractivity contribution is 6.30. The zero-order chi connectivity index (χ0) is 20.1. The first-order valence-electron chi connectivity index (χ1n) is 9.82. The van der Waals surface area contributed by atoms with Gasteiger partial charge in [-0.2, -0.15) is 0 Å². The van der Waals surface area contributed by atoms with E-state index in [2.05, 4.69) is 20.2 Å². The molecule has 29 heavy (non-hydrogen) atoms. The Bertz CT molecular complexity index is 943. The van der Waals surface area contributed by atoms with Gasteiger partial charge in [0, 0.05) is 36.4 Å². The quantitative estimate of drug-likeness (QED) is 0.688. The zero-order valence-electron chi connectivity index (χ0n) is 16.0. The van der Waals surface area contributed by atoms with Crippen LogP contribution in [0.4, 0.5) is 5.82 Å². The van der Waals surface area contributed by atoms with Crippen molar-refractivity contribution in [1.29, 1.82) is 0 Å². The molecule has 1 saturated heterocycles. The minimum absolute atomic E-state index is 0.0201. The van der Waals surface area contributed by atoms with Crippen molar-refractivity contribution in [3.63, 3.8) is 0 Å². The summed E-state index contributed by atoms with van der Waals surface area (Å²) in [6.07, 6.45) is 6.72. The van der Waals surface area contributed by atoms with E-state index in [4.69, 9.17) is 11.6 Å². The molecule has 2 aromatic carbocycles. The average molecular weight is 407 g/mol. The van der Waals surface area contributed by atoms with Crippen molar-refractivity contribution in [1.82, 2.24) is 15.3 Å². The summed E-state index contributed by atoms with van der Waals surface area (Å²) in [5, 5.41) is 3.92. The summed E-state index contributed by atoms with van der Waals surface area (Å²) in [7, 11) is 0. The number of hydrogen-bond acceptors (Lipinski definition) is 4. The van der Waals surface area contributed by atoms with E-state index in [9.17, 15) is 4.79 Å². The molecule has 3 aromatic rings. The van der Waals surface area contributed by atoms with Crippen molar-refractivity contribution in [2.75, 3.05) is 18.0 Å². The van der Waals surface area contributed by atoms with Gasteiger partial charge in [-0.05, 0) is 36.1 Å². The molecule has 1 aromatic heterocycles. The van der Waals surface area contributed by atoms with Crippen LogP contribution in [0.1, 0.15) is 30.0 Å². The Morgan fingerprint density at radius 1 is 1.03 bits per heavy atom. The lowest BCUT2D eigenvalue weighted by molar-refractivity contribution is -0.126. The molecule has 1 N–H and O–H groups in total. The molecule has 1 amide bonds. The molecule has 148 valence electrons. The number of nitrogens with zero attached hydrogens (tertiary/aromatic N) is 3. The Hall–Kier alpha value is -2.92. The molecular weight excluding hydrogens is 384 g/mol. The van der Waals surface area contributed by atoms with Crippen molar-refractivity contribution in [2.24, 2.45) is 5.92 Å². The predicted octanol–water partition coefficient (Wildman–Crippen LogP) is 4.25. The second-order valence-corrected chi connectivity index (χ2v) is 7.67. The topological polar surface area (TPSA) is 58.1 Å². The van der Waals surface area contributed by atoms with Crippen LogP contribution < -0.4 is 10.2 Å². The van der Waals surface area contributed by atoms with Gasteiger partial charge in [0.05, 0.1) is 12.2 Å². The van der Waals surface area contributed by atoms with Crippen molar-refractivity contribution in [3.05, 3.63) is 89.3 Å². The first-order chi connectivity index (χ1) is 14.2. The Labute approximate surface area is 175 Å². The van der Waals surface area contributed by atoms with Crippen LogP contribution in [0.3, 0.4) is 0 Å². The fourth-order valence-electron chi connectivity index (χ4n) is 3.78. The lowest BCUT2D eigenvalue weighted by Crippen LogP contribution is -2.42. The van der Waals surface area contributed by atoms with Crippen molar-refractivity contribution >= 4 is 23.3 Å². The van der Waals surface area contributed by atoms with Crippen LogP contribution in [-0.4, -0.2) is 29.0 Å². The summed E-state index contributed by atoms with van der Waals surface area (Å²) >= 11 is 6.21. The Morgan fingerprint density at radius 2 is 1.79 bits per heavy atom. The first kappa shape index (κ1) is 19.4. The van der Waals surface area contributed by atoms with E-state index in [1.54, 1.807) is 18.6 Å². The molecule has 1 fully saturated rings. The number of piperidine rings is 1. The van der Waals surface area contributed by atoms with Gasteiger partial charge in [0.1, 0.15) is 5.82 Å². The van der Waals surface area contributed by atoms with E-state index >= 15 is 0 Å². The van der Waals surface area contributed by atoms with Gasteiger partial charge in [0.2, 0.25) is 5.91 Å². The number of nitrogens with one attached hydrogen (secondary N) is 1. The summed E-state index contributed by atoms with van der Waals surface area (Å²) < 4.78 is 0. The normalized spacial score (nSPS) is 15.7. The Kier molecular flexibility index (Phi) is 6.06. The summed E-state index contributed by atoms with van der Waals surface area (Å²) in [5.41, 5.74) is 2.02. The smallest absolute Gasteiger partial charge is 0.223 e. The number of rotatable bonds is 5. The van der Waals surface area contributed by atoms with Crippen molar-refractivity contribution in [2.45, 2.75) is 18.9 Å². The van der Waals surface area contributed by atoms with Gasteiger partial charge >= 0.3 is 0 Å². The van der Waals surface area contributed by atoms with Gasteiger partial charge in [-0.25, -0.2) is 4.98 Å². The molecule has 5 nitrogen and oxygen atoms in total. The standard InChI is InChI=1S/C23H23ClN4O/c24-20-8-4-7-19(15-20)22(17-5-2-1-3-6-17)27-23(29)18-9-13-28(14-10-18)21-16-25-11-12-26-21/h1-8,11-12,15-16,18,22H,9-10,13-14H2,(H,27,29). The maximum atomic E-state index is 13.1. The third kappa shape index (κ3) is 4.74. The predicted molar refractivity (Wildman–Crippen MR) is 115 cm³/mol. The summed E-state index contributed by atoms with van der Waals surface area (Å²) in [6.45, 7) is 1.59. The second kappa shape index (κ2) is 9.05. The van der Waals surface area contributed by atoms with E-state index in [-0.39, 0.29) is 17.9 Å².